The number of hydrogen-bond acceptors (Lipinski definition) is 4. The van der Waals surface area contributed by atoms with Gasteiger partial charge in [-0.05, 0) is 25.0 Å². The topological polar surface area (TPSA) is 66.7 Å². The van der Waals surface area contributed by atoms with E-state index in [1.165, 1.54) is 18.2 Å². The summed E-state index contributed by atoms with van der Waals surface area (Å²) in [7, 11) is 3.48. The van der Waals surface area contributed by atoms with Gasteiger partial charge in [0.15, 0.2) is 5.96 Å². The molecule has 1 aliphatic heterocycles. The van der Waals surface area contributed by atoms with E-state index in [1.807, 2.05) is 19.4 Å². The molecule has 2 N–H and O–H groups in total. The van der Waals surface area contributed by atoms with Crippen LogP contribution in [0, 0.1) is 5.82 Å². The molecule has 0 radical (unpaired) electrons. The molecule has 2 heterocycles. The molecule has 11 heteroatoms. The normalized spacial score (nSPS) is 16.9. The molecule has 0 bridgehead atoms. The minimum absolute atomic E-state index is 0. The molecule has 7 nitrogen and oxygen atoms in total. The number of halogens is 4. The Morgan fingerprint density at radius 3 is 2.87 bits per heavy atom. The summed E-state index contributed by atoms with van der Waals surface area (Å²) in [6, 6.07) is 3.99. The number of piperidine rings is 1. The maximum Gasteiger partial charge on any atom is 0.387 e. The van der Waals surface area contributed by atoms with E-state index in [0.29, 0.717) is 5.96 Å². The Bertz CT molecular complexity index is 847. The first-order valence-electron chi connectivity index (χ1n) is 9.39. The Hall–Kier alpha value is -2.18. The molecule has 1 fully saturated rings. The highest BCUT2D eigenvalue weighted by Gasteiger charge is 2.22. The summed E-state index contributed by atoms with van der Waals surface area (Å²) < 4.78 is 45.4. The first-order chi connectivity index (χ1) is 14.0. The highest BCUT2D eigenvalue weighted by atomic mass is 127. The van der Waals surface area contributed by atoms with Crippen LogP contribution in [0.3, 0.4) is 0 Å². The fraction of sp³-hybridized carbons (Fsp3) is 0.474. The molecule has 1 aromatic carbocycles. The molecule has 0 spiro atoms. The number of aromatic nitrogens is 2. The van der Waals surface area contributed by atoms with Crippen LogP contribution in [-0.2, 0) is 13.6 Å². The van der Waals surface area contributed by atoms with Gasteiger partial charge in [-0.3, -0.25) is 9.67 Å². The Labute approximate surface area is 190 Å². The zero-order valence-corrected chi connectivity index (χ0v) is 19.1. The third-order valence-corrected chi connectivity index (χ3v) is 4.77. The maximum atomic E-state index is 14.1. The van der Waals surface area contributed by atoms with E-state index in [0.717, 1.165) is 31.6 Å². The van der Waals surface area contributed by atoms with Crippen molar-refractivity contribution in [2.45, 2.75) is 32.0 Å². The highest BCUT2D eigenvalue weighted by Crippen LogP contribution is 2.23. The number of anilines is 1. The van der Waals surface area contributed by atoms with Crippen molar-refractivity contribution in [1.29, 1.82) is 0 Å². The fourth-order valence-electron chi connectivity index (χ4n) is 3.38. The van der Waals surface area contributed by atoms with Gasteiger partial charge >= 0.3 is 6.61 Å². The second-order valence-electron chi connectivity index (χ2n) is 6.82. The number of aliphatic imine (C=N–C) groups is 1. The van der Waals surface area contributed by atoms with Crippen molar-refractivity contribution < 1.29 is 17.9 Å². The molecule has 1 atom stereocenters. The van der Waals surface area contributed by atoms with E-state index in [9.17, 15) is 13.2 Å². The average molecular weight is 538 g/mol. The average Bonchev–Trinajstić information content (AvgIpc) is 3.13. The summed E-state index contributed by atoms with van der Waals surface area (Å²) in [5, 5.41) is 10.5. The molecule has 0 aliphatic carbocycles. The number of rotatable bonds is 6. The van der Waals surface area contributed by atoms with E-state index in [4.69, 9.17) is 0 Å². The lowest BCUT2D eigenvalue weighted by Gasteiger charge is -2.34. The third kappa shape index (κ3) is 6.41. The minimum atomic E-state index is -3.02. The van der Waals surface area contributed by atoms with Crippen LogP contribution < -0.4 is 20.3 Å². The van der Waals surface area contributed by atoms with Gasteiger partial charge in [0.1, 0.15) is 11.6 Å². The lowest BCUT2D eigenvalue weighted by Crippen LogP contribution is -2.51. The number of benzene rings is 1. The van der Waals surface area contributed by atoms with Crippen LogP contribution in [0.1, 0.15) is 18.4 Å². The molecule has 1 unspecified atom stereocenters. The predicted octanol–water partition coefficient (Wildman–Crippen LogP) is 3.11. The minimum Gasteiger partial charge on any atom is -0.434 e. The van der Waals surface area contributed by atoms with Crippen molar-refractivity contribution >= 4 is 35.6 Å². The summed E-state index contributed by atoms with van der Waals surface area (Å²) >= 11 is 0. The number of guanidine groups is 1. The van der Waals surface area contributed by atoms with Crippen molar-refractivity contribution in [3.63, 3.8) is 0 Å². The molecule has 1 aromatic heterocycles. The van der Waals surface area contributed by atoms with Crippen molar-refractivity contribution in [2.24, 2.45) is 12.0 Å². The smallest absolute Gasteiger partial charge is 0.387 e. The SMILES string of the molecule is CN=C(NCc1c(F)cccc1OC(F)F)NC1CCCN(c2cnn(C)c2)C1.I. The third-order valence-electron chi connectivity index (χ3n) is 4.77. The summed E-state index contributed by atoms with van der Waals surface area (Å²) in [4.78, 5) is 6.41. The second-order valence-corrected chi connectivity index (χ2v) is 6.82. The Morgan fingerprint density at radius 1 is 1.40 bits per heavy atom. The number of alkyl halides is 2. The molecule has 0 amide bonds. The molecule has 3 rings (SSSR count). The van der Waals surface area contributed by atoms with Gasteiger partial charge in [0.25, 0.3) is 0 Å². The van der Waals surface area contributed by atoms with Crippen molar-refractivity contribution in [1.82, 2.24) is 20.4 Å². The van der Waals surface area contributed by atoms with Crippen LogP contribution in [0.5, 0.6) is 5.75 Å². The van der Waals surface area contributed by atoms with Gasteiger partial charge in [-0.2, -0.15) is 13.9 Å². The van der Waals surface area contributed by atoms with Crippen LogP contribution >= 0.6 is 24.0 Å². The molecule has 1 saturated heterocycles. The van der Waals surface area contributed by atoms with Crippen LogP contribution in [0.2, 0.25) is 0 Å². The number of aryl methyl sites for hydroxylation is 1. The zero-order chi connectivity index (χ0) is 20.8. The molecule has 1 aliphatic rings. The van der Waals surface area contributed by atoms with E-state index in [-0.39, 0.29) is 47.9 Å². The van der Waals surface area contributed by atoms with E-state index in [1.54, 1.807) is 11.7 Å². The van der Waals surface area contributed by atoms with Crippen molar-refractivity contribution in [3.05, 3.63) is 42.0 Å². The summed E-state index contributed by atoms with van der Waals surface area (Å²) in [6.45, 7) is -1.34. The second kappa shape index (κ2) is 11.3. The van der Waals surface area contributed by atoms with Crippen molar-refractivity contribution in [3.8, 4) is 5.75 Å². The first-order valence-corrected chi connectivity index (χ1v) is 9.39. The number of ether oxygens (including phenoxy) is 1. The molecule has 30 heavy (non-hydrogen) atoms. The summed E-state index contributed by atoms with van der Waals surface area (Å²) in [6.07, 6.45) is 5.76. The Morgan fingerprint density at radius 2 is 2.20 bits per heavy atom. The zero-order valence-electron chi connectivity index (χ0n) is 16.8. The van der Waals surface area contributed by atoms with Gasteiger partial charge in [-0.25, -0.2) is 4.39 Å². The molecule has 0 saturated carbocycles. The maximum absolute atomic E-state index is 14.1. The summed E-state index contributed by atoms with van der Waals surface area (Å²) in [5.74, 6) is -0.343. The lowest BCUT2D eigenvalue weighted by molar-refractivity contribution is -0.0506. The van der Waals surface area contributed by atoms with Gasteiger partial charge in [-0.1, -0.05) is 6.07 Å². The summed E-state index contributed by atoms with van der Waals surface area (Å²) in [5.41, 5.74) is 1.08. The quantitative estimate of drug-likeness (QED) is 0.336. The number of hydrogen-bond donors (Lipinski definition) is 2. The Balaban J connectivity index is 0.00000320. The molecular weight excluding hydrogens is 512 g/mol. The van der Waals surface area contributed by atoms with E-state index >= 15 is 0 Å². The van der Waals surface area contributed by atoms with E-state index < -0.39 is 12.4 Å². The molecule has 2 aromatic rings. The first kappa shape index (κ1) is 24.1. The van der Waals surface area contributed by atoms with Gasteiger partial charge in [0.05, 0.1) is 11.9 Å². The van der Waals surface area contributed by atoms with E-state index in [2.05, 4.69) is 30.4 Å². The van der Waals surface area contributed by atoms with Crippen LogP contribution in [0.4, 0.5) is 18.9 Å². The standard InChI is InChI=1S/C19H25F3N6O.HI/c1-23-19(24-10-15-16(20)6-3-7-17(15)29-18(21)22)26-13-5-4-8-28(11-13)14-9-25-27(2)12-14;/h3,6-7,9,12-13,18H,4-5,8,10-11H2,1-2H3,(H2,23,24,26);1H. The fourth-order valence-corrected chi connectivity index (χ4v) is 3.38. The van der Waals surface area contributed by atoms with Crippen LogP contribution in [0.25, 0.3) is 0 Å². The number of nitrogens with one attached hydrogen (secondary N) is 2. The Kier molecular flexibility index (Phi) is 9.06. The van der Waals surface area contributed by atoms with Crippen molar-refractivity contribution in [2.75, 3.05) is 25.0 Å². The molecule has 166 valence electrons. The molecular formula is C19H26F3IN6O. The van der Waals surface area contributed by atoms with Crippen LogP contribution in [-0.4, -0.2) is 48.5 Å². The van der Waals surface area contributed by atoms with Gasteiger partial charge in [-0.15, -0.1) is 24.0 Å². The monoisotopic (exact) mass is 538 g/mol. The van der Waals surface area contributed by atoms with Gasteiger partial charge < -0.3 is 20.3 Å². The largest absolute Gasteiger partial charge is 0.434 e. The van der Waals surface area contributed by atoms with Gasteiger partial charge in [0.2, 0.25) is 0 Å². The van der Waals surface area contributed by atoms with Gasteiger partial charge in [0, 0.05) is 51.5 Å². The van der Waals surface area contributed by atoms with Crippen LogP contribution in [0.15, 0.2) is 35.6 Å². The highest BCUT2D eigenvalue weighted by molar-refractivity contribution is 14.0. The predicted molar refractivity (Wildman–Crippen MR) is 120 cm³/mol. The lowest BCUT2D eigenvalue weighted by atomic mass is 10.1. The number of nitrogens with zero attached hydrogens (tertiary/aromatic N) is 4.